The highest BCUT2D eigenvalue weighted by Gasteiger charge is 2.26. The third-order valence-electron chi connectivity index (χ3n) is 3.96. The molecule has 0 bridgehead atoms. The van der Waals surface area contributed by atoms with Crippen LogP contribution in [0.25, 0.3) is 0 Å². The summed E-state index contributed by atoms with van der Waals surface area (Å²) in [5.41, 5.74) is 6.48. The number of hydrogen-bond donors (Lipinski definition) is 3. The molecule has 0 spiro atoms. The topological polar surface area (TPSA) is 84.6 Å². The normalized spacial score (nSPS) is 11.2. The second-order valence-corrected chi connectivity index (χ2v) is 5.27. The molecule has 0 radical (unpaired) electrons. The number of nitrogen functional groups attached to an aromatic ring is 1. The van der Waals surface area contributed by atoms with E-state index in [2.05, 4.69) is 5.32 Å². The van der Waals surface area contributed by atoms with Crippen molar-refractivity contribution < 1.29 is 14.6 Å². The average molecular weight is 294 g/mol. The summed E-state index contributed by atoms with van der Waals surface area (Å²) in [5, 5.41) is 12.4. The van der Waals surface area contributed by atoms with E-state index in [-0.39, 0.29) is 17.9 Å². The molecular weight excluding hydrogens is 268 g/mol. The van der Waals surface area contributed by atoms with Gasteiger partial charge >= 0.3 is 0 Å². The summed E-state index contributed by atoms with van der Waals surface area (Å²) in [6.45, 7) is 6.92. The summed E-state index contributed by atoms with van der Waals surface area (Å²) in [6, 6.07) is 4.99. The first-order valence-corrected chi connectivity index (χ1v) is 7.42. The highest BCUT2D eigenvalue weighted by molar-refractivity contribution is 5.95. The van der Waals surface area contributed by atoms with Crippen molar-refractivity contribution in [2.75, 3.05) is 25.5 Å². The average Bonchev–Trinajstić information content (AvgIpc) is 2.48. The van der Waals surface area contributed by atoms with Gasteiger partial charge in [-0.3, -0.25) is 4.79 Å². The first-order chi connectivity index (χ1) is 10.00. The number of anilines is 1. The van der Waals surface area contributed by atoms with Gasteiger partial charge in [-0.1, -0.05) is 13.8 Å². The molecule has 0 aromatic heterocycles. The van der Waals surface area contributed by atoms with E-state index in [0.29, 0.717) is 30.2 Å². The molecule has 0 atom stereocenters. The summed E-state index contributed by atoms with van der Waals surface area (Å²) >= 11 is 0. The van der Waals surface area contributed by atoms with Gasteiger partial charge in [0.1, 0.15) is 5.75 Å². The first kappa shape index (κ1) is 17.3. The van der Waals surface area contributed by atoms with E-state index in [0.717, 1.165) is 12.8 Å². The maximum Gasteiger partial charge on any atom is 0.251 e. The number of rotatable bonds is 8. The van der Waals surface area contributed by atoms with Gasteiger partial charge in [-0.2, -0.15) is 0 Å². The summed E-state index contributed by atoms with van der Waals surface area (Å²) in [7, 11) is 0. The summed E-state index contributed by atoms with van der Waals surface area (Å²) < 4.78 is 5.39. The standard InChI is InChI=1S/C16H26N2O3/c1-4-16(5-2,11-19)10-18-15(20)12-7-13(17)9-14(8-12)21-6-3/h7-9,19H,4-6,10-11,17H2,1-3H3,(H,18,20). The molecule has 1 amide bonds. The van der Waals surface area contributed by atoms with Gasteiger partial charge < -0.3 is 20.9 Å². The van der Waals surface area contributed by atoms with Crippen LogP contribution in [0.2, 0.25) is 0 Å². The van der Waals surface area contributed by atoms with Crippen molar-refractivity contribution >= 4 is 11.6 Å². The van der Waals surface area contributed by atoms with Gasteiger partial charge in [-0.15, -0.1) is 0 Å². The van der Waals surface area contributed by atoms with E-state index < -0.39 is 0 Å². The van der Waals surface area contributed by atoms with Crippen molar-refractivity contribution in [3.8, 4) is 5.75 Å². The molecule has 0 fully saturated rings. The summed E-state index contributed by atoms with van der Waals surface area (Å²) in [4.78, 5) is 12.2. The van der Waals surface area contributed by atoms with Crippen LogP contribution in [-0.4, -0.2) is 30.8 Å². The molecule has 0 unspecified atom stereocenters. The molecule has 21 heavy (non-hydrogen) atoms. The van der Waals surface area contributed by atoms with Gasteiger partial charge in [0.2, 0.25) is 0 Å². The van der Waals surface area contributed by atoms with Crippen molar-refractivity contribution in [3.05, 3.63) is 23.8 Å². The molecular formula is C16H26N2O3. The minimum atomic E-state index is -0.265. The SMILES string of the molecule is CCOc1cc(N)cc(C(=O)NCC(CC)(CC)CO)c1. The van der Waals surface area contributed by atoms with Crippen LogP contribution in [0, 0.1) is 5.41 Å². The molecule has 1 aromatic rings. The van der Waals surface area contributed by atoms with Gasteiger partial charge in [0, 0.05) is 29.3 Å². The Bertz CT molecular complexity index is 462. The lowest BCUT2D eigenvalue weighted by Crippen LogP contribution is -2.39. The number of aliphatic hydroxyl groups is 1. The Morgan fingerprint density at radius 2 is 1.95 bits per heavy atom. The van der Waals surface area contributed by atoms with E-state index in [9.17, 15) is 9.90 Å². The van der Waals surface area contributed by atoms with Crippen molar-refractivity contribution in [2.45, 2.75) is 33.6 Å². The van der Waals surface area contributed by atoms with E-state index in [1.807, 2.05) is 20.8 Å². The fourth-order valence-corrected chi connectivity index (χ4v) is 2.15. The molecule has 0 aliphatic heterocycles. The van der Waals surface area contributed by atoms with Crippen molar-refractivity contribution in [1.82, 2.24) is 5.32 Å². The molecule has 1 rings (SSSR count). The molecule has 0 heterocycles. The number of carbonyl (C=O) groups is 1. The minimum Gasteiger partial charge on any atom is -0.494 e. The van der Waals surface area contributed by atoms with E-state index in [1.54, 1.807) is 18.2 Å². The maximum atomic E-state index is 12.2. The Hall–Kier alpha value is -1.75. The Kier molecular flexibility index (Phi) is 6.49. The number of nitrogens with one attached hydrogen (secondary N) is 1. The quantitative estimate of drug-likeness (QED) is 0.642. The molecule has 0 saturated carbocycles. The van der Waals surface area contributed by atoms with Crippen LogP contribution in [-0.2, 0) is 0 Å². The molecule has 5 nitrogen and oxygen atoms in total. The lowest BCUT2D eigenvalue weighted by Gasteiger charge is -2.29. The van der Waals surface area contributed by atoms with Crippen molar-refractivity contribution in [3.63, 3.8) is 0 Å². The summed E-state index contributed by atoms with van der Waals surface area (Å²) in [6.07, 6.45) is 1.61. The van der Waals surface area contributed by atoms with Crippen LogP contribution in [0.1, 0.15) is 44.0 Å². The van der Waals surface area contributed by atoms with E-state index in [4.69, 9.17) is 10.5 Å². The number of ether oxygens (including phenoxy) is 1. The lowest BCUT2D eigenvalue weighted by molar-refractivity contribution is 0.0850. The Morgan fingerprint density at radius 1 is 1.29 bits per heavy atom. The third-order valence-corrected chi connectivity index (χ3v) is 3.96. The van der Waals surface area contributed by atoms with Crippen LogP contribution in [0.3, 0.4) is 0 Å². The highest BCUT2D eigenvalue weighted by Crippen LogP contribution is 2.25. The number of hydrogen-bond acceptors (Lipinski definition) is 4. The van der Waals surface area contributed by atoms with Crippen LogP contribution in [0.15, 0.2) is 18.2 Å². The van der Waals surface area contributed by atoms with Crippen LogP contribution in [0.5, 0.6) is 5.75 Å². The number of aliphatic hydroxyl groups excluding tert-OH is 1. The van der Waals surface area contributed by atoms with Gasteiger partial charge in [0.25, 0.3) is 5.91 Å². The molecule has 0 aliphatic rings. The zero-order valence-electron chi connectivity index (χ0n) is 13.1. The molecule has 4 N–H and O–H groups in total. The van der Waals surface area contributed by atoms with Crippen LogP contribution >= 0.6 is 0 Å². The highest BCUT2D eigenvalue weighted by atomic mass is 16.5. The van der Waals surface area contributed by atoms with Crippen molar-refractivity contribution in [1.29, 1.82) is 0 Å². The molecule has 1 aromatic carbocycles. The fraction of sp³-hybridized carbons (Fsp3) is 0.562. The second-order valence-electron chi connectivity index (χ2n) is 5.27. The molecule has 5 heteroatoms. The Morgan fingerprint density at radius 3 is 2.48 bits per heavy atom. The molecule has 0 saturated heterocycles. The minimum absolute atomic E-state index is 0.0569. The smallest absolute Gasteiger partial charge is 0.251 e. The van der Waals surface area contributed by atoms with Crippen molar-refractivity contribution in [2.24, 2.45) is 5.41 Å². The summed E-state index contributed by atoms with van der Waals surface area (Å²) in [5.74, 6) is 0.380. The van der Waals surface area contributed by atoms with Gasteiger partial charge in [0.05, 0.1) is 13.2 Å². The van der Waals surface area contributed by atoms with Gasteiger partial charge in [0.15, 0.2) is 0 Å². The fourth-order valence-electron chi connectivity index (χ4n) is 2.15. The second kappa shape index (κ2) is 7.88. The van der Waals surface area contributed by atoms with Crippen LogP contribution < -0.4 is 15.8 Å². The molecule has 118 valence electrons. The lowest BCUT2D eigenvalue weighted by atomic mass is 9.83. The zero-order valence-corrected chi connectivity index (χ0v) is 13.1. The van der Waals surface area contributed by atoms with E-state index >= 15 is 0 Å². The van der Waals surface area contributed by atoms with Crippen LogP contribution in [0.4, 0.5) is 5.69 Å². The van der Waals surface area contributed by atoms with Gasteiger partial charge in [-0.05, 0) is 31.9 Å². The number of carbonyl (C=O) groups excluding carboxylic acids is 1. The Balaban J connectivity index is 2.80. The number of amides is 1. The van der Waals surface area contributed by atoms with Gasteiger partial charge in [-0.25, -0.2) is 0 Å². The Labute approximate surface area is 126 Å². The molecule has 0 aliphatic carbocycles. The first-order valence-electron chi connectivity index (χ1n) is 7.42. The predicted molar refractivity (Wildman–Crippen MR) is 84.5 cm³/mol. The maximum absolute atomic E-state index is 12.2. The number of nitrogens with two attached hydrogens (primary N) is 1. The number of benzene rings is 1. The van der Waals surface area contributed by atoms with E-state index in [1.165, 1.54) is 0 Å². The predicted octanol–water partition coefficient (Wildman–Crippen LogP) is 2.20. The zero-order chi connectivity index (χ0) is 15.9. The third kappa shape index (κ3) is 4.63. The monoisotopic (exact) mass is 294 g/mol. The largest absolute Gasteiger partial charge is 0.494 e.